The standard InChI is InChI=1S/C24H17NO2/c1-26-21-13-11-20(12-14-21)24-22(18-9-7-17(16-25)8-10-18)15-23(27-24)19-5-3-2-4-6-19/h2-15H,1H3. The zero-order valence-corrected chi connectivity index (χ0v) is 14.8. The molecule has 0 saturated heterocycles. The van der Waals surface area contributed by atoms with Gasteiger partial charge in [0.05, 0.1) is 18.7 Å². The molecule has 3 aromatic carbocycles. The van der Waals surface area contributed by atoms with Gasteiger partial charge in [-0.1, -0.05) is 42.5 Å². The molecule has 4 aromatic rings. The number of rotatable bonds is 4. The van der Waals surface area contributed by atoms with Crippen LogP contribution in [0.3, 0.4) is 0 Å². The summed E-state index contributed by atoms with van der Waals surface area (Å²) >= 11 is 0. The zero-order chi connectivity index (χ0) is 18.6. The van der Waals surface area contributed by atoms with Crippen molar-refractivity contribution in [1.82, 2.24) is 0 Å². The summed E-state index contributed by atoms with van der Waals surface area (Å²) in [5, 5.41) is 9.05. The Labute approximate surface area is 158 Å². The second-order valence-electron chi connectivity index (χ2n) is 6.14. The van der Waals surface area contributed by atoms with Crippen LogP contribution in [0.4, 0.5) is 0 Å². The van der Waals surface area contributed by atoms with Crippen LogP contribution in [-0.4, -0.2) is 7.11 Å². The largest absolute Gasteiger partial charge is 0.497 e. The van der Waals surface area contributed by atoms with Gasteiger partial charge in [-0.2, -0.15) is 5.26 Å². The lowest BCUT2D eigenvalue weighted by molar-refractivity contribution is 0.415. The van der Waals surface area contributed by atoms with E-state index in [1.165, 1.54) is 0 Å². The highest BCUT2D eigenvalue weighted by atomic mass is 16.5. The molecule has 0 fully saturated rings. The van der Waals surface area contributed by atoms with Crippen LogP contribution >= 0.6 is 0 Å². The maximum absolute atomic E-state index is 9.05. The molecule has 27 heavy (non-hydrogen) atoms. The van der Waals surface area contributed by atoms with Crippen LogP contribution in [0.25, 0.3) is 33.8 Å². The first-order chi connectivity index (χ1) is 13.3. The highest BCUT2D eigenvalue weighted by molar-refractivity contribution is 5.84. The first-order valence-corrected chi connectivity index (χ1v) is 8.62. The number of furan rings is 1. The van der Waals surface area contributed by atoms with Crippen LogP contribution in [0.15, 0.2) is 89.3 Å². The number of benzene rings is 3. The van der Waals surface area contributed by atoms with Gasteiger partial charge in [0, 0.05) is 16.7 Å². The molecule has 130 valence electrons. The fourth-order valence-corrected chi connectivity index (χ4v) is 3.03. The number of nitriles is 1. The Morgan fingerprint density at radius 3 is 2.07 bits per heavy atom. The minimum Gasteiger partial charge on any atom is -0.497 e. The van der Waals surface area contributed by atoms with E-state index < -0.39 is 0 Å². The summed E-state index contributed by atoms with van der Waals surface area (Å²) in [4.78, 5) is 0. The SMILES string of the molecule is COc1ccc(-c2oc(-c3ccccc3)cc2-c2ccc(C#N)cc2)cc1. The van der Waals surface area contributed by atoms with Crippen molar-refractivity contribution in [2.24, 2.45) is 0 Å². The van der Waals surface area contributed by atoms with Crippen molar-refractivity contribution in [3.8, 4) is 45.6 Å². The fourth-order valence-electron chi connectivity index (χ4n) is 3.03. The lowest BCUT2D eigenvalue weighted by Gasteiger charge is -2.05. The first-order valence-electron chi connectivity index (χ1n) is 8.62. The fraction of sp³-hybridized carbons (Fsp3) is 0.0417. The minimum atomic E-state index is 0.636. The quantitative estimate of drug-likeness (QED) is 0.442. The summed E-state index contributed by atoms with van der Waals surface area (Å²) in [5.74, 6) is 2.40. The van der Waals surface area contributed by atoms with Crippen LogP contribution in [-0.2, 0) is 0 Å². The molecule has 0 N–H and O–H groups in total. The van der Waals surface area contributed by atoms with Crippen molar-refractivity contribution >= 4 is 0 Å². The van der Waals surface area contributed by atoms with Gasteiger partial charge in [-0.3, -0.25) is 0 Å². The highest BCUT2D eigenvalue weighted by Gasteiger charge is 2.16. The van der Waals surface area contributed by atoms with Gasteiger partial charge in [0.15, 0.2) is 0 Å². The van der Waals surface area contributed by atoms with Crippen LogP contribution in [0.5, 0.6) is 5.75 Å². The second-order valence-corrected chi connectivity index (χ2v) is 6.14. The molecule has 3 nitrogen and oxygen atoms in total. The summed E-state index contributed by atoms with van der Waals surface area (Å²) < 4.78 is 11.5. The first kappa shape index (κ1) is 16.7. The third-order valence-electron chi connectivity index (χ3n) is 4.47. The maximum Gasteiger partial charge on any atom is 0.142 e. The molecule has 0 bridgehead atoms. The summed E-state index contributed by atoms with van der Waals surface area (Å²) in [6.45, 7) is 0. The van der Waals surface area contributed by atoms with Gasteiger partial charge in [-0.25, -0.2) is 0 Å². The molecule has 4 rings (SSSR count). The van der Waals surface area contributed by atoms with Gasteiger partial charge >= 0.3 is 0 Å². The number of nitrogens with zero attached hydrogens (tertiary/aromatic N) is 1. The normalized spacial score (nSPS) is 10.4. The average molecular weight is 351 g/mol. The molecular weight excluding hydrogens is 334 g/mol. The molecule has 0 atom stereocenters. The topological polar surface area (TPSA) is 46.2 Å². The smallest absolute Gasteiger partial charge is 0.142 e. The molecule has 1 heterocycles. The van der Waals surface area contributed by atoms with Crippen molar-refractivity contribution in [2.45, 2.75) is 0 Å². The molecule has 0 saturated carbocycles. The average Bonchev–Trinajstić information content (AvgIpc) is 3.20. The number of methoxy groups -OCH3 is 1. The molecule has 0 amide bonds. The number of hydrogen-bond donors (Lipinski definition) is 0. The predicted octanol–water partition coefficient (Wildman–Crippen LogP) is 6.16. The van der Waals surface area contributed by atoms with E-state index in [0.29, 0.717) is 5.56 Å². The minimum absolute atomic E-state index is 0.636. The van der Waals surface area contributed by atoms with Crippen LogP contribution in [0, 0.1) is 11.3 Å². The zero-order valence-electron chi connectivity index (χ0n) is 14.8. The maximum atomic E-state index is 9.05. The predicted molar refractivity (Wildman–Crippen MR) is 106 cm³/mol. The molecule has 0 aliphatic rings. The summed E-state index contributed by atoms with van der Waals surface area (Å²) in [5.41, 5.74) is 4.62. The van der Waals surface area contributed by atoms with Crippen LogP contribution in [0.2, 0.25) is 0 Å². The van der Waals surface area contributed by atoms with E-state index >= 15 is 0 Å². The van der Waals surface area contributed by atoms with E-state index in [-0.39, 0.29) is 0 Å². The number of hydrogen-bond acceptors (Lipinski definition) is 3. The van der Waals surface area contributed by atoms with Crippen molar-refractivity contribution in [2.75, 3.05) is 7.11 Å². The lowest BCUT2D eigenvalue weighted by Crippen LogP contribution is -1.84. The van der Waals surface area contributed by atoms with Gasteiger partial charge in [-0.05, 0) is 48.0 Å². The highest BCUT2D eigenvalue weighted by Crippen LogP contribution is 2.39. The number of ether oxygens (including phenoxy) is 1. The Kier molecular flexibility index (Phi) is 4.47. The Morgan fingerprint density at radius 1 is 0.778 bits per heavy atom. The van der Waals surface area contributed by atoms with Crippen LogP contribution in [0.1, 0.15) is 5.56 Å². The monoisotopic (exact) mass is 351 g/mol. The van der Waals surface area contributed by atoms with E-state index in [1.807, 2.05) is 78.9 Å². The Balaban J connectivity index is 1.86. The Morgan fingerprint density at radius 2 is 1.44 bits per heavy atom. The van der Waals surface area contributed by atoms with E-state index in [2.05, 4.69) is 12.1 Å². The molecule has 1 aromatic heterocycles. The molecule has 0 unspecified atom stereocenters. The van der Waals surface area contributed by atoms with E-state index in [0.717, 1.165) is 39.5 Å². The summed E-state index contributed by atoms with van der Waals surface area (Å²) in [7, 11) is 1.65. The third-order valence-corrected chi connectivity index (χ3v) is 4.47. The van der Waals surface area contributed by atoms with Gasteiger partial charge < -0.3 is 9.15 Å². The van der Waals surface area contributed by atoms with Gasteiger partial charge in [-0.15, -0.1) is 0 Å². The molecule has 0 spiro atoms. The summed E-state index contributed by atoms with van der Waals surface area (Å²) in [6, 6.07) is 29.6. The van der Waals surface area contributed by atoms with Gasteiger partial charge in [0.2, 0.25) is 0 Å². The summed E-state index contributed by atoms with van der Waals surface area (Å²) in [6.07, 6.45) is 0. The third kappa shape index (κ3) is 3.33. The molecule has 3 heteroatoms. The van der Waals surface area contributed by atoms with E-state index in [4.69, 9.17) is 14.4 Å². The van der Waals surface area contributed by atoms with Crippen molar-refractivity contribution in [3.63, 3.8) is 0 Å². The van der Waals surface area contributed by atoms with Crippen molar-refractivity contribution in [3.05, 3.63) is 90.5 Å². The van der Waals surface area contributed by atoms with Gasteiger partial charge in [0.25, 0.3) is 0 Å². The van der Waals surface area contributed by atoms with Crippen molar-refractivity contribution in [1.29, 1.82) is 5.26 Å². The molecular formula is C24H17NO2. The molecule has 0 radical (unpaired) electrons. The van der Waals surface area contributed by atoms with E-state index in [1.54, 1.807) is 7.11 Å². The molecule has 0 aliphatic heterocycles. The van der Waals surface area contributed by atoms with E-state index in [9.17, 15) is 0 Å². The molecule has 0 aliphatic carbocycles. The Bertz CT molecular complexity index is 1090. The Hall–Kier alpha value is -3.77. The van der Waals surface area contributed by atoms with Crippen molar-refractivity contribution < 1.29 is 9.15 Å². The van der Waals surface area contributed by atoms with Crippen LogP contribution < -0.4 is 4.74 Å². The second kappa shape index (κ2) is 7.23. The van der Waals surface area contributed by atoms with Gasteiger partial charge in [0.1, 0.15) is 17.3 Å². The lowest BCUT2D eigenvalue weighted by atomic mass is 10.0.